The van der Waals surface area contributed by atoms with Crippen LogP contribution in [-0.2, 0) is 6.54 Å². The summed E-state index contributed by atoms with van der Waals surface area (Å²) in [6, 6.07) is 26.8. The van der Waals surface area contributed by atoms with Gasteiger partial charge >= 0.3 is 0 Å². The van der Waals surface area contributed by atoms with Crippen LogP contribution < -0.4 is 9.80 Å². The van der Waals surface area contributed by atoms with Crippen molar-refractivity contribution in [1.82, 2.24) is 0 Å². The van der Waals surface area contributed by atoms with Crippen molar-refractivity contribution in [2.24, 2.45) is 0 Å². The Morgan fingerprint density at radius 1 is 0.750 bits per heavy atom. The minimum atomic E-state index is -0.119. The molecule has 1 aliphatic heterocycles. The third-order valence-corrected chi connectivity index (χ3v) is 5.97. The van der Waals surface area contributed by atoms with Crippen LogP contribution in [-0.4, -0.2) is 26.2 Å². The van der Waals surface area contributed by atoms with Gasteiger partial charge in [0.2, 0.25) is 0 Å². The summed E-state index contributed by atoms with van der Waals surface area (Å²) in [5.74, 6) is -0.119. The molecule has 2 nitrogen and oxygen atoms in total. The number of benzene rings is 4. The monoisotopic (exact) mass is 371 g/mol. The molecule has 1 aliphatic rings. The lowest BCUT2D eigenvalue weighted by Crippen LogP contribution is -3.13. The number of nitrogens with zero attached hydrogens (tertiary/aromatic N) is 1. The molecule has 0 bridgehead atoms. The van der Waals surface area contributed by atoms with Crippen molar-refractivity contribution < 1.29 is 9.29 Å². The van der Waals surface area contributed by atoms with Crippen LogP contribution in [0.4, 0.5) is 10.1 Å². The van der Waals surface area contributed by atoms with E-state index in [2.05, 4.69) is 59.5 Å². The van der Waals surface area contributed by atoms with Crippen molar-refractivity contribution in [3.05, 3.63) is 90.2 Å². The second-order valence-electron chi connectivity index (χ2n) is 7.66. The molecule has 28 heavy (non-hydrogen) atoms. The zero-order valence-electron chi connectivity index (χ0n) is 15.9. The molecule has 0 aromatic heterocycles. The number of halogens is 1. The maximum Gasteiger partial charge on any atom is 0.146 e. The second kappa shape index (κ2) is 7.25. The first-order valence-electron chi connectivity index (χ1n) is 10.0. The van der Waals surface area contributed by atoms with Crippen molar-refractivity contribution in [1.29, 1.82) is 0 Å². The molecule has 140 valence electrons. The summed E-state index contributed by atoms with van der Waals surface area (Å²) in [5, 5.41) is 5.32. The third-order valence-electron chi connectivity index (χ3n) is 5.97. The topological polar surface area (TPSA) is 7.68 Å². The molecule has 4 aromatic rings. The Bertz CT molecular complexity index is 1080. The van der Waals surface area contributed by atoms with Crippen LogP contribution in [0.2, 0.25) is 0 Å². The number of fused-ring (bicyclic) bond motifs is 2. The van der Waals surface area contributed by atoms with Crippen LogP contribution in [0.15, 0.2) is 78.9 Å². The van der Waals surface area contributed by atoms with Gasteiger partial charge in [-0.25, -0.2) is 4.39 Å². The summed E-state index contributed by atoms with van der Waals surface area (Å²) >= 11 is 0. The molecule has 0 unspecified atom stereocenters. The van der Waals surface area contributed by atoms with E-state index >= 15 is 0 Å². The van der Waals surface area contributed by atoms with Gasteiger partial charge in [0.25, 0.3) is 0 Å². The summed E-state index contributed by atoms with van der Waals surface area (Å²) in [7, 11) is 0. The molecule has 0 radical (unpaired) electrons. The fourth-order valence-electron chi connectivity index (χ4n) is 4.50. The van der Waals surface area contributed by atoms with Crippen LogP contribution in [0.3, 0.4) is 0 Å². The first kappa shape index (κ1) is 17.2. The predicted molar refractivity (Wildman–Crippen MR) is 114 cm³/mol. The van der Waals surface area contributed by atoms with Gasteiger partial charge in [0.1, 0.15) is 12.4 Å². The van der Waals surface area contributed by atoms with Gasteiger partial charge in [0.15, 0.2) is 0 Å². The smallest absolute Gasteiger partial charge is 0.146 e. The Morgan fingerprint density at radius 2 is 1.32 bits per heavy atom. The second-order valence-corrected chi connectivity index (χ2v) is 7.66. The molecular formula is C25H24FN2+. The number of hydrogen-bond acceptors (Lipinski definition) is 1. The van der Waals surface area contributed by atoms with E-state index in [1.165, 1.54) is 27.1 Å². The summed E-state index contributed by atoms with van der Waals surface area (Å²) in [6.45, 7) is 4.82. The fraction of sp³-hybridized carbons (Fsp3) is 0.200. The van der Waals surface area contributed by atoms with Crippen molar-refractivity contribution in [3.63, 3.8) is 0 Å². The average molecular weight is 371 g/mol. The predicted octanol–water partition coefficient (Wildman–Crippen LogP) is 4.04. The SMILES string of the molecule is Fc1ccccc1N1CC[NH+](Cc2c3ccccc3cc3ccccc23)CC1. The Morgan fingerprint density at radius 3 is 1.96 bits per heavy atom. The highest BCUT2D eigenvalue weighted by Gasteiger charge is 2.23. The van der Waals surface area contributed by atoms with Crippen molar-refractivity contribution >= 4 is 27.2 Å². The Hall–Kier alpha value is -2.91. The van der Waals surface area contributed by atoms with Gasteiger partial charge in [0.05, 0.1) is 31.9 Å². The van der Waals surface area contributed by atoms with Gasteiger partial charge in [-0.05, 0) is 39.7 Å². The van der Waals surface area contributed by atoms with Crippen LogP contribution in [0, 0.1) is 5.82 Å². The third kappa shape index (κ3) is 3.12. The molecule has 0 amide bonds. The molecule has 0 atom stereocenters. The average Bonchev–Trinajstić information content (AvgIpc) is 2.74. The van der Waals surface area contributed by atoms with Crippen molar-refractivity contribution in [2.45, 2.75) is 6.54 Å². The molecular weight excluding hydrogens is 347 g/mol. The first-order valence-corrected chi connectivity index (χ1v) is 10.0. The Kier molecular flexibility index (Phi) is 4.46. The molecule has 0 aliphatic carbocycles. The van der Waals surface area contributed by atoms with E-state index in [4.69, 9.17) is 0 Å². The van der Waals surface area contributed by atoms with E-state index in [0.29, 0.717) is 0 Å². The highest BCUT2D eigenvalue weighted by Crippen LogP contribution is 2.28. The molecule has 1 saturated heterocycles. The lowest BCUT2D eigenvalue weighted by atomic mass is 9.96. The van der Waals surface area contributed by atoms with Crippen LogP contribution >= 0.6 is 0 Å². The Balaban J connectivity index is 1.42. The van der Waals surface area contributed by atoms with Crippen LogP contribution in [0.25, 0.3) is 21.5 Å². The number of rotatable bonds is 3. The minimum absolute atomic E-state index is 0.119. The van der Waals surface area contributed by atoms with Crippen molar-refractivity contribution in [2.75, 3.05) is 31.1 Å². The molecule has 1 N–H and O–H groups in total. The van der Waals surface area contributed by atoms with E-state index in [0.717, 1.165) is 38.4 Å². The van der Waals surface area contributed by atoms with Gasteiger partial charge in [-0.1, -0.05) is 60.7 Å². The summed E-state index contributed by atoms with van der Waals surface area (Å²) in [5.41, 5.74) is 2.17. The largest absolute Gasteiger partial charge is 0.358 e. The fourth-order valence-corrected chi connectivity index (χ4v) is 4.50. The van der Waals surface area contributed by atoms with Gasteiger partial charge in [-0.2, -0.15) is 0 Å². The zero-order chi connectivity index (χ0) is 18.9. The van der Waals surface area contributed by atoms with E-state index in [9.17, 15) is 4.39 Å². The number of piperazine rings is 1. The summed E-state index contributed by atoms with van der Waals surface area (Å²) in [4.78, 5) is 3.74. The Labute approximate surface area is 164 Å². The molecule has 5 rings (SSSR count). The van der Waals surface area contributed by atoms with Gasteiger partial charge in [-0.3, -0.25) is 0 Å². The van der Waals surface area contributed by atoms with E-state index < -0.39 is 0 Å². The summed E-state index contributed by atoms with van der Waals surface area (Å²) < 4.78 is 14.1. The zero-order valence-corrected chi connectivity index (χ0v) is 15.9. The molecule has 3 heteroatoms. The normalized spacial score (nSPS) is 15.4. The van der Waals surface area contributed by atoms with Gasteiger partial charge < -0.3 is 9.80 Å². The minimum Gasteiger partial charge on any atom is -0.358 e. The number of quaternary nitrogens is 1. The van der Waals surface area contributed by atoms with Crippen molar-refractivity contribution in [3.8, 4) is 0 Å². The van der Waals surface area contributed by atoms with Crippen LogP contribution in [0.5, 0.6) is 0 Å². The molecule has 1 fully saturated rings. The summed E-state index contributed by atoms with van der Waals surface area (Å²) in [6.07, 6.45) is 0. The highest BCUT2D eigenvalue weighted by molar-refractivity contribution is 6.02. The van der Waals surface area contributed by atoms with Gasteiger partial charge in [-0.15, -0.1) is 0 Å². The number of hydrogen-bond donors (Lipinski definition) is 1. The maximum absolute atomic E-state index is 14.1. The lowest BCUT2D eigenvalue weighted by Gasteiger charge is -2.34. The van der Waals surface area contributed by atoms with Crippen LogP contribution in [0.1, 0.15) is 5.56 Å². The standard InChI is InChI=1S/C25H23FN2/c26-24-11-5-6-12-25(24)28-15-13-27(14-16-28)18-23-21-9-3-1-7-19(21)17-20-8-2-4-10-22(20)23/h1-12,17H,13-16,18H2/p+1. The molecule has 0 saturated carbocycles. The number of para-hydroxylation sites is 1. The van der Waals surface area contributed by atoms with E-state index in [1.807, 2.05) is 12.1 Å². The number of anilines is 1. The molecule has 1 heterocycles. The number of nitrogens with one attached hydrogen (secondary N) is 1. The van der Waals surface area contributed by atoms with E-state index in [-0.39, 0.29) is 5.82 Å². The first-order chi connectivity index (χ1) is 13.8. The lowest BCUT2D eigenvalue weighted by molar-refractivity contribution is -0.914. The molecule has 0 spiro atoms. The van der Waals surface area contributed by atoms with Gasteiger partial charge in [0, 0.05) is 5.56 Å². The highest BCUT2D eigenvalue weighted by atomic mass is 19.1. The van der Waals surface area contributed by atoms with E-state index in [1.54, 1.807) is 17.0 Å². The quantitative estimate of drug-likeness (QED) is 0.534. The molecule has 4 aromatic carbocycles. The maximum atomic E-state index is 14.1.